The summed E-state index contributed by atoms with van der Waals surface area (Å²) < 4.78 is 5.72. The number of ether oxygens (including phenoxy) is 1. The number of alkyl halides is 1. The molecule has 2 unspecified atom stereocenters. The summed E-state index contributed by atoms with van der Waals surface area (Å²) in [5.74, 6) is 1.52. The Morgan fingerprint density at radius 1 is 1.00 bits per heavy atom. The third kappa shape index (κ3) is 2.17. The van der Waals surface area contributed by atoms with E-state index in [0.717, 1.165) is 18.8 Å². The lowest BCUT2D eigenvalue weighted by Crippen LogP contribution is -2.17. The molecule has 0 saturated heterocycles. The van der Waals surface area contributed by atoms with Crippen LogP contribution in [0.25, 0.3) is 0 Å². The molecule has 1 nitrogen and oxygen atoms in total. The summed E-state index contributed by atoms with van der Waals surface area (Å²) in [7, 11) is 0. The molecule has 0 amide bonds. The first-order valence-corrected chi connectivity index (χ1v) is 7.18. The summed E-state index contributed by atoms with van der Waals surface area (Å²) in [6.07, 6.45) is 1.06. The van der Waals surface area contributed by atoms with Crippen LogP contribution in [-0.4, -0.2) is 6.61 Å². The molecule has 18 heavy (non-hydrogen) atoms. The van der Waals surface area contributed by atoms with Crippen LogP contribution in [0.2, 0.25) is 0 Å². The number of benzene rings is 2. The Morgan fingerprint density at radius 3 is 2.56 bits per heavy atom. The van der Waals surface area contributed by atoms with E-state index in [4.69, 9.17) is 4.74 Å². The van der Waals surface area contributed by atoms with E-state index >= 15 is 0 Å². The number of hydrogen-bond donors (Lipinski definition) is 0. The highest BCUT2D eigenvalue weighted by Crippen LogP contribution is 2.45. The van der Waals surface area contributed by atoms with Crippen molar-refractivity contribution < 1.29 is 4.74 Å². The molecule has 92 valence electrons. The summed E-state index contributed by atoms with van der Waals surface area (Å²) in [6, 6.07) is 19.0. The second kappa shape index (κ2) is 5.15. The predicted molar refractivity (Wildman–Crippen MR) is 77.4 cm³/mol. The number of hydrogen-bond acceptors (Lipinski definition) is 1. The summed E-state index contributed by atoms with van der Waals surface area (Å²) in [6.45, 7) is 0.802. The molecular formula is C16H15BrO. The van der Waals surface area contributed by atoms with Gasteiger partial charge in [0, 0.05) is 10.7 Å². The Balaban J connectivity index is 1.94. The van der Waals surface area contributed by atoms with Gasteiger partial charge in [0.25, 0.3) is 0 Å². The van der Waals surface area contributed by atoms with Gasteiger partial charge in [0.05, 0.1) is 6.61 Å². The van der Waals surface area contributed by atoms with Crippen molar-refractivity contribution >= 4 is 15.9 Å². The highest BCUT2D eigenvalue weighted by molar-refractivity contribution is 9.09. The van der Waals surface area contributed by atoms with Crippen molar-refractivity contribution in [2.75, 3.05) is 6.61 Å². The van der Waals surface area contributed by atoms with Crippen molar-refractivity contribution in [3.63, 3.8) is 0 Å². The molecule has 0 aromatic heterocycles. The SMILES string of the molecule is BrC(c1ccccc1)C1CCOc2ccccc21. The van der Waals surface area contributed by atoms with Crippen LogP contribution >= 0.6 is 15.9 Å². The van der Waals surface area contributed by atoms with E-state index in [1.165, 1.54) is 11.1 Å². The van der Waals surface area contributed by atoms with Crippen molar-refractivity contribution in [1.82, 2.24) is 0 Å². The fourth-order valence-corrected chi connectivity index (χ4v) is 3.40. The third-order valence-corrected chi connectivity index (χ3v) is 4.64. The van der Waals surface area contributed by atoms with Crippen molar-refractivity contribution in [3.05, 3.63) is 65.7 Å². The zero-order chi connectivity index (χ0) is 12.4. The van der Waals surface area contributed by atoms with E-state index < -0.39 is 0 Å². The molecule has 0 saturated carbocycles. The number of fused-ring (bicyclic) bond motifs is 1. The molecule has 0 N–H and O–H groups in total. The van der Waals surface area contributed by atoms with Gasteiger partial charge in [-0.3, -0.25) is 0 Å². The molecule has 1 aliphatic rings. The van der Waals surface area contributed by atoms with Crippen LogP contribution in [0.4, 0.5) is 0 Å². The molecule has 1 heterocycles. The normalized spacial score (nSPS) is 19.7. The lowest BCUT2D eigenvalue weighted by atomic mass is 9.87. The molecule has 0 radical (unpaired) electrons. The summed E-state index contributed by atoms with van der Waals surface area (Å²) in [5.41, 5.74) is 2.65. The summed E-state index contributed by atoms with van der Waals surface area (Å²) >= 11 is 3.86. The molecule has 0 fully saturated rings. The molecule has 2 heteroatoms. The Kier molecular flexibility index (Phi) is 3.37. The van der Waals surface area contributed by atoms with Crippen molar-refractivity contribution in [2.45, 2.75) is 17.2 Å². The second-order valence-electron chi connectivity index (χ2n) is 4.59. The van der Waals surface area contributed by atoms with Gasteiger partial charge in [-0.1, -0.05) is 64.5 Å². The van der Waals surface area contributed by atoms with Crippen molar-refractivity contribution in [3.8, 4) is 5.75 Å². The predicted octanol–water partition coefficient (Wildman–Crippen LogP) is 4.69. The first-order valence-electron chi connectivity index (χ1n) is 6.27. The van der Waals surface area contributed by atoms with Crippen LogP contribution < -0.4 is 4.74 Å². The summed E-state index contributed by atoms with van der Waals surface area (Å²) in [4.78, 5) is 0.351. The molecular weight excluding hydrogens is 288 g/mol. The van der Waals surface area contributed by atoms with Gasteiger partial charge < -0.3 is 4.74 Å². The molecule has 2 atom stereocenters. The number of para-hydroxylation sites is 1. The Labute approximate surface area is 116 Å². The molecule has 3 rings (SSSR count). The van der Waals surface area contributed by atoms with Crippen LogP contribution in [0.1, 0.15) is 28.3 Å². The minimum absolute atomic E-state index is 0.351. The standard InChI is InChI=1S/C16H15BrO/c17-16(12-6-2-1-3-7-12)14-10-11-18-15-9-5-4-8-13(14)15/h1-9,14,16H,10-11H2. The molecule has 1 aliphatic heterocycles. The van der Waals surface area contributed by atoms with E-state index in [1.807, 2.05) is 6.07 Å². The number of rotatable bonds is 2. The zero-order valence-corrected chi connectivity index (χ0v) is 11.6. The fraction of sp³-hybridized carbons (Fsp3) is 0.250. The topological polar surface area (TPSA) is 9.23 Å². The minimum atomic E-state index is 0.351. The maximum Gasteiger partial charge on any atom is 0.122 e. The van der Waals surface area contributed by atoms with Crippen LogP contribution in [0.15, 0.2) is 54.6 Å². The quantitative estimate of drug-likeness (QED) is 0.731. The van der Waals surface area contributed by atoms with Crippen LogP contribution in [0, 0.1) is 0 Å². The van der Waals surface area contributed by atoms with E-state index in [9.17, 15) is 0 Å². The molecule has 0 aliphatic carbocycles. The van der Waals surface area contributed by atoms with E-state index in [1.54, 1.807) is 0 Å². The van der Waals surface area contributed by atoms with E-state index in [-0.39, 0.29) is 0 Å². The van der Waals surface area contributed by atoms with Crippen LogP contribution in [-0.2, 0) is 0 Å². The van der Waals surface area contributed by atoms with Gasteiger partial charge >= 0.3 is 0 Å². The van der Waals surface area contributed by atoms with E-state index in [2.05, 4.69) is 64.5 Å². The van der Waals surface area contributed by atoms with Crippen LogP contribution in [0.5, 0.6) is 5.75 Å². The molecule has 2 aromatic rings. The highest BCUT2D eigenvalue weighted by atomic mass is 79.9. The Morgan fingerprint density at radius 2 is 1.72 bits per heavy atom. The largest absolute Gasteiger partial charge is 0.493 e. The third-order valence-electron chi connectivity index (χ3n) is 3.48. The van der Waals surface area contributed by atoms with Gasteiger partial charge in [0.2, 0.25) is 0 Å². The molecule has 2 aromatic carbocycles. The smallest absolute Gasteiger partial charge is 0.122 e. The first-order chi connectivity index (χ1) is 8.86. The lowest BCUT2D eigenvalue weighted by molar-refractivity contribution is 0.266. The van der Waals surface area contributed by atoms with Gasteiger partial charge in [-0.2, -0.15) is 0 Å². The average Bonchev–Trinajstić information content (AvgIpc) is 2.47. The van der Waals surface area contributed by atoms with Gasteiger partial charge in [-0.25, -0.2) is 0 Å². The number of halogens is 1. The van der Waals surface area contributed by atoms with Gasteiger partial charge in [0.15, 0.2) is 0 Å². The fourth-order valence-electron chi connectivity index (χ4n) is 2.54. The maximum absolute atomic E-state index is 5.72. The van der Waals surface area contributed by atoms with Gasteiger partial charge in [0.1, 0.15) is 5.75 Å². The highest BCUT2D eigenvalue weighted by Gasteiger charge is 2.27. The monoisotopic (exact) mass is 302 g/mol. The minimum Gasteiger partial charge on any atom is -0.493 e. The second-order valence-corrected chi connectivity index (χ2v) is 5.58. The molecule has 0 spiro atoms. The summed E-state index contributed by atoms with van der Waals surface area (Å²) in [5, 5.41) is 0. The maximum atomic E-state index is 5.72. The first kappa shape index (κ1) is 11.8. The zero-order valence-electron chi connectivity index (χ0n) is 10.1. The van der Waals surface area contributed by atoms with Crippen molar-refractivity contribution in [2.24, 2.45) is 0 Å². The Hall–Kier alpha value is -1.28. The Bertz CT molecular complexity index is 524. The average molecular weight is 303 g/mol. The lowest BCUT2D eigenvalue weighted by Gasteiger charge is -2.29. The van der Waals surface area contributed by atoms with E-state index in [0.29, 0.717) is 10.7 Å². The van der Waals surface area contributed by atoms with Crippen molar-refractivity contribution in [1.29, 1.82) is 0 Å². The van der Waals surface area contributed by atoms with Gasteiger partial charge in [-0.15, -0.1) is 0 Å². The molecule has 0 bridgehead atoms. The van der Waals surface area contributed by atoms with Crippen LogP contribution in [0.3, 0.4) is 0 Å². The van der Waals surface area contributed by atoms with Gasteiger partial charge in [-0.05, 0) is 23.6 Å².